The molecule has 4 atom stereocenters. The minimum absolute atomic E-state index is 0.246. The van der Waals surface area contributed by atoms with Crippen LogP contribution in [-0.2, 0) is 4.79 Å². The Labute approximate surface area is 146 Å². The van der Waals surface area contributed by atoms with Crippen LogP contribution in [0.3, 0.4) is 0 Å². The normalized spacial score (nSPS) is 35.1. The van der Waals surface area contributed by atoms with Gasteiger partial charge in [0.2, 0.25) is 5.91 Å². The van der Waals surface area contributed by atoms with Crippen molar-refractivity contribution in [2.24, 2.45) is 16.7 Å². The summed E-state index contributed by atoms with van der Waals surface area (Å²) < 4.78 is 0. The second-order valence-electron chi connectivity index (χ2n) is 6.89. The highest BCUT2D eigenvalue weighted by Crippen LogP contribution is 2.65. The molecule has 1 aromatic carbocycles. The first kappa shape index (κ1) is 17.0. The van der Waals surface area contributed by atoms with Crippen LogP contribution in [0.4, 0.5) is 0 Å². The van der Waals surface area contributed by atoms with Crippen molar-refractivity contribution < 1.29 is 9.90 Å². The molecule has 6 nitrogen and oxygen atoms in total. The molecule has 6 heteroatoms. The fourth-order valence-electron chi connectivity index (χ4n) is 4.61. The number of nitrogens with one attached hydrogen (secondary N) is 1. The maximum atomic E-state index is 12.7. The molecule has 3 rings (SSSR count). The smallest absolute Gasteiger partial charge is 0.245 e. The van der Waals surface area contributed by atoms with Crippen molar-refractivity contribution in [3.63, 3.8) is 0 Å². The fraction of sp³-hybridized carbons (Fsp3) is 0.474. The van der Waals surface area contributed by atoms with Gasteiger partial charge in [0.15, 0.2) is 10.8 Å². The molecule has 1 saturated heterocycles. The van der Waals surface area contributed by atoms with Gasteiger partial charge in [0.1, 0.15) is 5.72 Å². The van der Waals surface area contributed by atoms with Crippen LogP contribution in [0, 0.1) is 50.7 Å². The topological polar surface area (TPSA) is 121 Å². The van der Waals surface area contributed by atoms with Crippen molar-refractivity contribution in [3.05, 3.63) is 35.9 Å². The lowest BCUT2D eigenvalue weighted by atomic mass is 9.48. The van der Waals surface area contributed by atoms with Gasteiger partial charge in [0.05, 0.1) is 18.2 Å². The summed E-state index contributed by atoms with van der Waals surface area (Å²) in [6, 6.07) is 14.9. The third-order valence-electron chi connectivity index (χ3n) is 5.71. The Morgan fingerprint density at radius 2 is 1.84 bits per heavy atom. The van der Waals surface area contributed by atoms with Gasteiger partial charge in [-0.3, -0.25) is 4.79 Å². The van der Waals surface area contributed by atoms with E-state index in [1.165, 1.54) is 0 Å². The molecule has 0 spiro atoms. The molecule has 2 aliphatic rings. The Kier molecular flexibility index (Phi) is 3.79. The Bertz CT molecular complexity index is 818. The van der Waals surface area contributed by atoms with Crippen molar-refractivity contribution in [1.82, 2.24) is 5.32 Å². The molecule has 1 saturated carbocycles. The van der Waals surface area contributed by atoms with E-state index < -0.39 is 34.3 Å². The molecule has 2 bridgehead atoms. The summed E-state index contributed by atoms with van der Waals surface area (Å²) in [5.74, 6) is -2.02. The van der Waals surface area contributed by atoms with Crippen LogP contribution in [0.1, 0.15) is 37.7 Å². The van der Waals surface area contributed by atoms with Gasteiger partial charge in [0.25, 0.3) is 0 Å². The van der Waals surface area contributed by atoms with Crippen LogP contribution in [0.25, 0.3) is 0 Å². The van der Waals surface area contributed by atoms with Crippen LogP contribution in [0.2, 0.25) is 0 Å². The maximum absolute atomic E-state index is 12.7. The quantitative estimate of drug-likeness (QED) is 0.875. The Balaban J connectivity index is 2.35. The van der Waals surface area contributed by atoms with Crippen molar-refractivity contribution in [1.29, 1.82) is 15.8 Å². The van der Waals surface area contributed by atoms with Crippen LogP contribution in [-0.4, -0.2) is 16.7 Å². The van der Waals surface area contributed by atoms with E-state index in [0.29, 0.717) is 18.4 Å². The average Bonchev–Trinajstić information content (AvgIpc) is 2.88. The number of fused-ring (bicyclic) bond motifs is 2. The molecule has 0 aromatic heterocycles. The SMILES string of the molecule is CCC[C@H]1[C@H](c2ccccc2)C(C#N)(C#N)[C@]2(C#N)C[C@@]1(O)NC2=O. The van der Waals surface area contributed by atoms with Crippen LogP contribution in [0.5, 0.6) is 0 Å². The van der Waals surface area contributed by atoms with Gasteiger partial charge in [-0.25, -0.2) is 0 Å². The Morgan fingerprint density at radius 3 is 2.36 bits per heavy atom. The number of hydrogen-bond donors (Lipinski definition) is 2. The molecule has 2 N–H and O–H groups in total. The lowest BCUT2D eigenvalue weighted by molar-refractivity contribution is -0.128. The van der Waals surface area contributed by atoms with Crippen molar-refractivity contribution in [2.75, 3.05) is 0 Å². The summed E-state index contributed by atoms with van der Waals surface area (Å²) in [5.41, 5.74) is -4.68. The van der Waals surface area contributed by atoms with Gasteiger partial charge in [-0.2, -0.15) is 15.8 Å². The van der Waals surface area contributed by atoms with E-state index in [4.69, 9.17) is 0 Å². The molecule has 0 radical (unpaired) electrons. The van der Waals surface area contributed by atoms with Crippen molar-refractivity contribution in [2.45, 2.75) is 37.8 Å². The number of nitriles is 3. The van der Waals surface area contributed by atoms with Crippen LogP contribution in [0.15, 0.2) is 30.3 Å². The van der Waals surface area contributed by atoms with Gasteiger partial charge in [0, 0.05) is 18.3 Å². The van der Waals surface area contributed by atoms with E-state index in [2.05, 4.69) is 5.32 Å². The highest BCUT2D eigenvalue weighted by Gasteiger charge is 2.76. The van der Waals surface area contributed by atoms with Gasteiger partial charge >= 0.3 is 0 Å². The molecular weight excluding hydrogens is 316 g/mol. The standard InChI is InChI=1S/C19H18N4O2/c1-2-6-14-15(13-7-4-3-5-8-13)18(11-21,12-22)17(10-20)9-19(14,25)23-16(17)24/h3-5,7-8,14-15,25H,2,6,9H2,1H3,(H,23,24)/t14-,15-,17-,19-/m0/s1. The van der Waals surface area contributed by atoms with E-state index in [-0.39, 0.29) is 6.42 Å². The van der Waals surface area contributed by atoms with Gasteiger partial charge in [-0.15, -0.1) is 0 Å². The molecule has 1 aliphatic carbocycles. The third kappa shape index (κ3) is 1.94. The molecule has 1 heterocycles. The molecule has 0 unspecified atom stereocenters. The van der Waals surface area contributed by atoms with E-state index in [9.17, 15) is 25.7 Å². The van der Waals surface area contributed by atoms with E-state index in [1.807, 2.05) is 31.2 Å². The van der Waals surface area contributed by atoms with Crippen molar-refractivity contribution >= 4 is 5.91 Å². The summed E-state index contributed by atoms with van der Waals surface area (Å²) >= 11 is 0. The summed E-state index contributed by atoms with van der Waals surface area (Å²) in [6.45, 7) is 1.94. The number of amides is 1. The summed E-state index contributed by atoms with van der Waals surface area (Å²) in [5, 5.41) is 43.5. The number of hydrogen-bond acceptors (Lipinski definition) is 5. The summed E-state index contributed by atoms with van der Waals surface area (Å²) in [7, 11) is 0. The number of carbonyl (C=O) groups excluding carboxylic acids is 1. The molecule has 126 valence electrons. The number of carbonyl (C=O) groups is 1. The molecule has 1 amide bonds. The van der Waals surface area contributed by atoms with Gasteiger partial charge < -0.3 is 10.4 Å². The summed E-state index contributed by atoms with van der Waals surface area (Å²) in [4.78, 5) is 12.7. The highest BCUT2D eigenvalue weighted by molar-refractivity contribution is 5.92. The zero-order valence-corrected chi connectivity index (χ0v) is 13.9. The molecule has 1 aliphatic heterocycles. The maximum Gasteiger partial charge on any atom is 0.245 e. The Hall–Kier alpha value is -2.88. The zero-order valence-electron chi connectivity index (χ0n) is 13.9. The first-order valence-corrected chi connectivity index (χ1v) is 8.28. The minimum Gasteiger partial charge on any atom is -0.371 e. The molecule has 2 fully saturated rings. The average molecular weight is 334 g/mol. The lowest BCUT2D eigenvalue weighted by Crippen LogP contribution is -2.57. The first-order valence-electron chi connectivity index (χ1n) is 8.28. The second kappa shape index (κ2) is 5.59. The number of rotatable bonds is 3. The van der Waals surface area contributed by atoms with E-state index in [0.717, 1.165) is 0 Å². The highest BCUT2D eigenvalue weighted by atomic mass is 16.3. The first-order chi connectivity index (χ1) is 11.9. The van der Waals surface area contributed by atoms with E-state index in [1.54, 1.807) is 24.3 Å². The molecule has 1 aromatic rings. The Morgan fingerprint density at radius 1 is 1.20 bits per heavy atom. The van der Waals surface area contributed by atoms with E-state index >= 15 is 0 Å². The second-order valence-corrected chi connectivity index (χ2v) is 6.89. The zero-order chi connectivity index (χ0) is 18.3. The monoisotopic (exact) mass is 334 g/mol. The predicted octanol–water partition coefficient (Wildman–Crippen LogP) is 1.95. The fourth-order valence-corrected chi connectivity index (χ4v) is 4.61. The van der Waals surface area contributed by atoms with Crippen molar-refractivity contribution in [3.8, 4) is 18.2 Å². The van der Waals surface area contributed by atoms with Crippen LogP contribution >= 0.6 is 0 Å². The molecular formula is C19H18N4O2. The largest absolute Gasteiger partial charge is 0.371 e. The number of aliphatic hydroxyl groups is 1. The van der Waals surface area contributed by atoms with Crippen LogP contribution < -0.4 is 5.32 Å². The lowest BCUT2D eigenvalue weighted by Gasteiger charge is -2.49. The van der Waals surface area contributed by atoms with Gasteiger partial charge in [-0.05, 0) is 12.0 Å². The van der Waals surface area contributed by atoms with Gasteiger partial charge in [-0.1, -0.05) is 43.7 Å². The predicted molar refractivity (Wildman–Crippen MR) is 87.0 cm³/mol. The minimum atomic E-state index is -1.89. The summed E-state index contributed by atoms with van der Waals surface area (Å²) in [6.07, 6.45) is 0.978. The third-order valence-corrected chi connectivity index (χ3v) is 5.71. The number of benzene rings is 1. The number of nitrogens with zero attached hydrogens (tertiary/aromatic N) is 3. The molecule has 25 heavy (non-hydrogen) atoms.